The number of rotatable bonds is 4. The second-order valence-corrected chi connectivity index (χ2v) is 4.88. The second kappa shape index (κ2) is 6.78. The number of hydrogen-bond donors (Lipinski definition) is 2. The van der Waals surface area contributed by atoms with E-state index in [0.717, 1.165) is 18.0 Å². The Morgan fingerprint density at radius 2 is 1.92 bits per heavy atom. The van der Waals surface area contributed by atoms with E-state index in [1.807, 2.05) is 0 Å². The van der Waals surface area contributed by atoms with E-state index in [2.05, 4.69) is 25.3 Å². The molecule has 0 unspecified atom stereocenters. The fourth-order valence-corrected chi connectivity index (χ4v) is 2.03. The normalized spacial score (nSPS) is 10.4. The molecular weight excluding hydrogens is 313 g/mol. The smallest absolute Gasteiger partial charge is 0.270 e. The SMILES string of the molecule is O=C(NCc1cc(-c2ccc(F)cc2)ncn1)c1cc(=O)[nH]cn1. The van der Waals surface area contributed by atoms with Crippen molar-refractivity contribution in [1.29, 1.82) is 0 Å². The van der Waals surface area contributed by atoms with Crippen LogP contribution in [0.5, 0.6) is 0 Å². The molecule has 3 rings (SSSR count). The van der Waals surface area contributed by atoms with Gasteiger partial charge in [0, 0.05) is 11.6 Å². The standard InChI is InChI=1S/C16H12FN5O2/c17-11-3-1-10(2-4-11)13-5-12(19-8-20-13)7-18-16(24)14-6-15(23)22-9-21-14/h1-6,8-9H,7H2,(H,18,24)(H,21,22,23). The van der Waals surface area contributed by atoms with Gasteiger partial charge in [-0.05, 0) is 30.3 Å². The Morgan fingerprint density at radius 3 is 2.67 bits per heavy atom. The molecule has 2 aromatic heterocycles. The van der Waals surface area contributed by atoms with Crippen molar-refractivity contribution in [1.82, 2.24) is 25.3 Å². The van der Waals surface area contributed by atoms with Crippen LogP contribution in [0.3, 0.4) is 0 Å². The molecule has 0 spiro atoms. The van der Waals surface area contributed by atoms with Gasteiger partial charge in [0.05, 0.1) is 24.3 Å². The summed E-state index contributed by atoms with van der Waals surface area (Å²) < 4.78 is 13.0. The number of amides is 1. The minimum Gasteiger partial charge on any atom is -0.345 e. The number of nitrogens with zero attached hydrogens (tertiary/aromatic N) is 3. The van der Waals surface area contributed by atoms with Gasteiger partial charge in [0.15, 0.2) is 0 Å². The maximum atomic E-state index is 13.0. The summed E-state index contributed by atoms with van der Waals surface area (Å²) in [7, 11) is 0. The van der Waals surface area contributed by atoms with Crippen molar-refractivity contribution >= 4 is 5.91 Å². The molecule has 0 fully saturated rings. The van der Waals surface area contributed by atoms with Gasteiger partial charge in [-0.3, -0.25) is 9.59 Å². The summed E-state index contributed by atoms with van der Waals surface area (Å²) in [5.74, 6) is -0.811. The lowest BCUT2D eigenvalue weighted by molar-refractivity contribution is 0.0945. The van der Waals surface area contributed by atoms with E-state index in [1.54, 1.807) is 18.2 Å². The Labute approximate surface area is 135 Å². The first-order chi connectivity index (χ1) is 11.6. The number of nitrogens with one attached hydrogen (secondary N) is 2. The maximum Gasteiger partial charge on any atom is 0.270 e. The van der Waals surface area contributed by atoms with Crippen LogP contribution in [-0.2, 0) is 6.54 Å². The number of benzene rings is 1. The highest BCUT2D eigenvalue weighted by Crippen LogP contribution is 2.17. The number of halogens is 1. The summed E-state index contributed by atoms with van der Waals surface area (Å²) in [5.41, 5.74) is 1.54. The number of aromatic amines is 1. The lowest BCUT2D eigenvalue weighted by Crippen LogP contribution is -2.26. The molecular formula is C16H12FN5O2. The van der Waals surface area contributed by atoms with Gasteiger partial charge in [0.1, 0.15) is 17.8 Å². The van der Waals surface area contributed by atoms with Crippen LogP contribution in [0.4, 0.5) is 4.39 Å². The van der Waals surface area contributed by atoms with Crippen LogP contribution < -0.4 is 10.9 Å². The van der Waals surface area contributed by atoms with Crippen LogP contribution in [-0.4, -0.2) is 25.8 Å². The molecule has 7 nitrogen and oxygen atoms in total. The monoisotopic (exact) mass is 325 g/mol. The summed E-state index contributed by atoms with van der Waals surface area (Å²) in [6.07, 6.45) is 2.53. The largest absolute Gasteiger partial charge is 0.345 e. The second-order valence-electron chi connectivity index (χ2n) is 4.88. The molecule has 0 saturated heterocycles. The van der Waals surface area contributed by atoms with Crippen molar-refractivity contribution in [3.63, 3.8) is 0 Å². The molecule has 0 bridgehead atoms. The highest BCUT2D eigenvalue weighted by molar-refractivity contribution is 5.91. The van der Waals surface area contributed by atoms with E-state index >= 15 is 0 Å². The average Bonchev–Trinajstić information content (AvgIpc) is 2.60. The van der Waals surface area contributed by atoms with Gasteiger partial charge >= 0.3 is 0 Å². The first kappa shape index (κ1) is 15.5. The van der Waals surface area contributed by atoms with Gasteiger partial charge in [0.2, 0.25) is 0 Å². The third-order valence-corrected chi connectivity index (χ3v) is 3.20. The van der Waals surface area contributed by atoms with Gasteiger partial charge in [-0.25, -0.2) is 19.3 Å². The molecule has 120 valence electrons. The minimum absolute atomic E-state index is 0.0200. The highest BCUT2D eigenvalue weighted by Gasteiger charge is 2.08. The minimum atomic E-state index is -0.483. The Morgan fingerprint density at radius 1 is 1.12 bits per heavy atom. The third kappa shape index (κ3) is 3.67. The zero-order valence-electron chi connectivity index (χ0n) is 12.4. The Balaban J connectivity index is 1.72. The zero-order chi connectivity index (χ0) is 16.9. The molecule has 1 amide bonds. The zero-order valence-corrected chi connectivity index (χ0v) is 12.4. The molecule has 24 heavy (non-hydrogen) atoms. The molecule has 0 aliphatic heterocycles. The summed E-state index contributed by atoms with van der Waals surface area (Å²) >= 11 is 0. The van der Waals surface area contributed by atoms with Gasteiger partial charge in [0.25, 0.3) is 11.5 Å². The molecule has 0 saturated carbocycles. The predicted molar refractivity (Wildman–Crippen MR) is 83.5 cm³/mol. The number of carbonyl (C=O) groups excluding carboxylic acids is 1. The van der Waals surface area contributed by atoms with Crippen LogP contribution in [0, 0.1) is 5.82 Å². The fraction of sp³-hybridized carbons (Fsp3) is 0.0625. The molecule has 0 aliphatic rings. The molecule has 3 aromatic rings. The average molecular weight is 325 g/mol. The van der Waals surface area contributed by atoms with Crippen molar-refractivity contribution in [2.45, 2.75) is 6.54 Å². The third-order valence-electron chi connectivity index (χ3n) is 3.20. The van der Waals surface area contributed by atoms with Crippen LogP contribution in [0.2, 0.25) is 0 Å². The number of carbonyl (C=O) groups is 1. The molecule has 2 heterocycles. The number of hydrogen-bond acceptors (Lipinski definition) is 5. The first-order valence-corrected chi connectivity index (χ1v) is 7.01. The lowest BCUT2D eigenvalue weighted by atomic mass is 10.1. The van der Waals surface area contributed by atoms with Crippen molar-refractivity contribution in [3.8, 4) is 11.3 Å². The molecule has 0 atom stereocenters. The summed E-state index contributed by atoms with van der Waals surface area (Å²) in [4.78, 5) is 37.5. The summed E-state index contributed by atoms with van der Waals surface area (Å²) in [5, 5.41) is 2.63. The van der Waals surface area contributed by atoms with Gasteiger partial charge in [-0.15, -0.1) is 0 Å². The highest BCUT2D eigenvalue weighted by atomic mass is 19.1. The van der Waals surface area contributed by atoms with Crippen LogP contribution in [0.25, 0.3) is 11.3 Å². The molecule has 1 aromatic carbocycles. The van der Waals surface area contributed by atoms with E-state index in [-0.39, 0.29) is 18.1 Å². The molecule has 0 radical (unpaired) electrons. The van der Waals surface area contributed by atoms with Crippen molar-refractivity contribution in [2.75, 3.05) is 0 Å². The van der Waals surface area contributed by atoms with Crippen LogP contribution >= 0.6 is 0 Å². The Hall–Kier alpha value is -3.42. The van der Waals surface area contributed by atoms with Crippen LogP contribution in [0.15, 0.2) is 53.8 Å². The van der Waals surface area contributed by atoms with Crippen molar-refractivity contribution in [2.24, 2.45) is 0 Å². The molecule has 2 N–H and O–H groups in total. The van der Waals surface area contributed by atoms with Crippen LogP contribution in [0.1, 0.15) is 16.2 Å². The summed E-state index contributed by atoms with van der Waals surface area (Å²) in [6, 6.07) is 8.72. The number of H-pyrrole nitrogens is 1. The van der Waals surface area contributed by atoms with Gasteiger partial charge < -0.3 is 10.3 Å². The molecule has 0 aliphatic carbocycles. The van der Waals surface area contributed by atoms with Crippen molar-refractivity contribution < 1.29 is 9.18 Å². The van der Waals surface area contributed by atoms with Gasteiger partial charge in [-0.1, -0.05) is 0 Å². The summed E-state index contributed by atoms with van der Waals surface area (Å²) in [6.45, 7) is 0.143. The van der Waals surface area contributed by atoms with E-state index in [4.69, 9.17) is 0 Å². The van der Waals surface area contributed by atoms with Crippen molar-refractivity contribution in [3.05, 3.63) is 76.6 Å². The lowest BCUT2D eigenvalue weighted by Gasteiger charge is -2.06. The van der Waals surface area contributed by atoms with E-state index in [9.17, 15) is 14.0 Å². The Bertz CT molecular complexity index is 924. The number of aromatic nitrogens is 4. The van der Waals surface area contributed by atoms with E-state index in [1.165, 1.54) is 18.5 Å². The molecule has 8 heteroatoms. The maximum absolute atomic E-state index is 13.0. The first-order valence-electron chi connectivity index (χ1n) is 7.01. The predicted octanol–water partition coefficient (Wildman–Crippen LogP) is 1.30. The van der Waals surface area contributed by atoms with E-state index < -0.39 is 11.5 Å². The van der Waals surface area contributed by atoms with E-state index in [0.29, 0.717) is 11.4 Å². The quantitative estimate of drug-likeness (QED) is 0.753. The van der Waals surface area contributed by atoms with Gasteiger partial charge in [-0.2, -0.15) is 0 Å². The Kier molecular flexibility index (Phi) is 4.37. The topological polar surface area (TPSA) is 101 Å². The fourth-order valence-electron chi connectivity index (χ4n) is 2.03.